The molecule has 4 nitrogen and oxygen atoms in total. The number of aryl methyl sites for hydroxylation is 1. The van der Waals surface area contributed by atoms with Crippen LogP contribution in [0.4, 0.5) is 15.3 Å². The van der Waals surface area contributed by atoms with E-state index in [4.69, 9.17) is 5.73 Å². The first-order chi connectivity index (χ1) is 8.15. The van der Waals surface area contributed by atoms with E-state index in [9.17, 15) is 4.39 Å². The molecule has 17 heavy (non-hydrogen) atoms. The van der Waals surface area contributed by atoms with E-state index < -0.39 is 0 Å². The maximum absolute atomic E-state index is 13.3. The Morgan fingerprint density at radius 3 is 3.06 bits per heavy atom. The van der Waals surface area contributed by atoms with Crippen LogP contribution in [0.2, 0.25) is 0 Å². The Morgan fingerprint density at radius 2 is 2.35 bits per heavy atom. The number of benzene rings is 1. The molecular formula is C11H11FN4S. The van der Waals surface area contributed by atoms with E-state index in [0.717, 1.165) is 5.56 Å². The van der Waals surface area contributed by atoms with Crippen LogP contribution in [0.3, 0.4) is 0 Å². The van der Waals surface area contributed by atoms with Crippen molar-refractivity contribution >= 4 is 28.5 Å². The summed E-state index contributed by atoms with van der Waals surface area (Å²) in [6.07, 6.45) is 1.42. The van der Waals surface area contributed by atoms with Gasteiger partial charge in [0.05, 0.1) is 6.21 Å². The number of halogens is 1. The molecular weight excluding hydrogens is 239 g/mol. The van der Waals surface area contributed by atoms with Crippen molar-refractivity contribution in [2.45, 2.75) is 6.92 Å². The first-order valence-corrected chi connectivity index (χ1v) is 5.79. The van der Waals surface area contributed by atoms with Crippen LogP contribution in [0.25, 0.3) is 0 Å². The normalized spacial score (nSPS) is 10.9. The minimum absolute atomic E-state index is 0.306. The fourth-order valence-electron chi connectivity index (χ4n) is 1.26. The molecule has 0 unspecified atom stereocenters. The highest BCUT2D eigenvalue weighted by atomic mass is 32.1. The monoisotopic (exact) mass is 250 g/mol. The highest BCUT2D eigenvalue weighted by Gasteiger charge is 1.99. The molecule has 0 spiro atoms. The third kappa shape index (κ3) is 3.01. The highest BCUT2D eigenvalue weighted by Crippen LogP contribution is 2.16. The maximum Gasteiger partial charge on any atom is 0.205 e. The molecule has 0 saturated carbocycles. The SMILES string of the molecule is Cc1ccc(F)c(C=NNc2nc(N)cs2)c1. The Kier molecular flexibility index (Phi) is 3.34. The van der Waals surface area contributed by atoms with Gasteiger partial charge < -0.3 is 5.73 Å². The van der Waals surface area contributed by atoms with E-state index in [2.05, 4.69) is 15.5 Å². The summed E-state index contributed by atoms with van der Waals surface area (Å²) in [4.78, 5) is 3.96. The molecule has 1 aromatic heterocycles. The van der Waals surface area contributed by atoms with Gasteiger partial charge in [-0.3, -0.25) is 5.43 Å². The van der Waals surface area contributed by atoms with Crippen LogP contribution in [0.15, 0.2) is 28.7 Å². The average molecular weight is 250 g/mol. The van der Waals surface area contributed by atoms with Crippen molar-refractivity contribution in [3.63, 3.8) is 0 Å². The maximum atomic E-state index is 13.3. The molecule has 88 valence electrons. The van der Waals surface area contributed by atoms with Crippen molar-refractivity contribution in [2.75, 3.05) is 11.2 Å². The number of hydrogen-bond acceptors (Lipinski definition) is 5. The lowest BCUT2D eigenvalue weighted by Crippen LogP contribution is -1.94. The molecule has 2 aromatic rings. The van der Waals surface area contributed by atoms with E-state index in [1.807, 2.05) is 6.92 Å². The van der Waals surface area contributed by atoms with Gasteiger partial charge in [0.15, 0.2) is 0 Å². The van der Waals surface area contributed by atoms with E-state index in [-0.39, 0.29) is 5.82 Å². The lowest BCUT2D eigenvalue weighted by molar-refractivity contribution is 0.625. The molecule has 0 amide bonds. The third-order valence-electron chi connectivity index (χ3n) is 2.04. The molecule has 0 aliphatic carbocycles. The first kappa shape index (κ1) is 11.5. The molecule has 1 heterocycles. The molecule has 0 fully saturated rings. The van der Waals surface area contributed by atoms with Gasteiger partial charge in [-0.15, -0.1) is 11.3 Å². The van der Waals surface area contributed by atoms with Gasteiger partial charge in [-0.1, -0.05) is 11.6 Å². The zero-order valence-corrected chi connectivity index (χ0v) is 9.96. The molecule has 0 aliphatic rings. The van der Waals surface area contributed by atoms with Crippen LogP contribution in [-0.4, -0.2) is 11.2 Å². The zero-order chi connectivity index (χ0) is 12.3. The average Bonchev–Trinajstić information content (AvgIpc) is 2.69. The van der Waals surface area contributed by atoms with Crippen molar-refractivity contribution in [3.05, 3.63) is 40.5 Å². The Bertz CT molecular complexity index is 550. The number of hydrogen-bond donors (Lipinski definition) is 2. The van der Waals surface area contributed by atoms with Gasteiger partial charge in [0.1, 0.15) is 11.6 Å². The van der Waals surface area contributed by atoms with Crippen molar-refractivity contribution < 1.29 is 4.39 Å². The fourth-order valence-corrected chi connectivity index (χ4v) is 1.81. The second-order valence-electron chi connectivity index (χ2n) is 3.47. The Morgan fingerprint density at radius 1 is 1.53 bits per heavy atom. The summed E-state index contributed by atoms with van der Waals surface area (Å²) in [5.41, 5.74) is 9.55. The molecule has 6 heteroatoms. The van der Waals surface area contributed by atoms with Gasteiger partial charge >= 0.3 is 0 Å². The molecule has 1 aromatic carbocycles. The first-order valence-electron chi connectivity index (χ1n) is 4.91. The van der Waals surface area contributed by atoms with Crippen LogP contribution in [0, 0.1) is 12.7 Å². The van der Waals surface area contributed by atoms with Crippen molar-refractivity contribution in [1.82, 2.24) is 4.98 Å². The molecule has 0 radical (unpaired) electrons. The van der Waals surface area contributed by atoms with E-state index in [0.29, 0.717) is 16.5 Å². The number of rotatable bonds is 3. The van der Waals surface area contributed by atoms with Crippen LogP contribution in [-0.2, 0) is 0 Å². The molecule has 0 bridgehead atoms. The summed E-state index contributed by atoms with van der Waals surface area (Å²) < 4.78 is 13.3. The number of hydrazone groups is 1. The predicted molar refractivity (Wildman–Crippen MR) is 68.9 cm³/mol. The number of nitrogen functional groups attached to an aromatic ring is 1. The molecule has 0 saturated heterocycles. The van der Waals surface area contributed by atoms with Gasteiger partial charge in [0.25, 0.3) is 0 Å². The minimum Gasteiger partial charge on any atom is -0.383 e. The second kappa shape index (κ2) is 4.92. The summed E-state index contributed by atoms with van der Waals surface area (Å²) in [6.45, 7) is 1.89. The lowest BCUT2D eigenvalue weighted by Gasteiger charge is -1.98. The summed E-state index contributed by atoms with van der Waals surface area (Å²) in [5.74, 6) is 0.134. The highest BCUT2D eigenvalue weighted by molar-refractivity contribution is 7.14. The predicted octanol–water partition coefficient (Wildman–Crippen LogP) is 2.62. The number of anilines is 2. The van der Waals surface area contributed by atoms with Gasteiger partial charge in [-0.2, -0.15) is 5.10 Å². The number of nitrogens with one attached hydrogen (secondary N) is 1. The summed E-state index contributed by atoms with van der Waals surface area (Å²) in [6, 6.07) is 4.84. The van der Waals surface area contributed by atoms with Crippen LogP contribution >= 0.6 is 11.3 Å². The number of nitrogens with two attached hydrogens (primary N) is 1. The van der Waals surface area contributed by atoms with Crippen LogP contribution in [0.5, 0.6) is 0 Å². The zero-order valence-electron chi connectivity index (χ0n) is 9.14. The van der Waals surface area contributed by atoms with E-state index >= 15 is 0 Å². The molecule has 0 aliphatic heterocycles. The van der Waals surface area contributed by atoms with Crippen molar-refractivity contribution in [3.8, 4) is 0 Å². The Labute approximate surface area is 102 Å². The smallest absolute Gasteiger partial charge is 0.205 e. The van der Waals surface area contributed by atoms with E-state index in [1.165, 1.54) is 23.6 Å². The molecule has 0 atom stereocenters. The Hall–Kier alpha value is -1.95. The summed E-state index contributed by atoms with van der Waals surface area (Å²) >= 11 is 1.34. The quantitative estimate of drug-likeness (QED) is 0.650. The van der Waals surface area contributed by atoms with Gasteiger partial charge in [-0.05, 0) is 19.1 Å². The lowest BCUT2D eigenvalue weighted by atomic mass is 10.1. The van der Waals surface area contributed by atoms with E-state index in [1.54, 1.807) is 17.5 Å². The van der Waals surface area contributed by atoms with Gasteiger partial charge in [-0.25, -0.2) is 9.37 Å². The van der Waals surface area contributed by atoms with Crippen LogP contribution in [0.1, 0.15) is 11.1 Å². The molecule has 2 rings (SSSR count). The number of aromatic nitrogens is 1. The van der Waals surface area contributed by atoms with Gasteiger partial charge in [0.2, 0.25) is 5.13 Å². The van der Waals surface area contributed by atoms with Crippen LogP contribution < -0.4 is 11.2 Å². The standard InChI is InChI=1S/C11H11FN4S/c1-7-2-3-9(12)8(4-7)5-14-16-11-15-10(13)6-17-11/h2-6H,13H2,1H3,(H,15,16). The fraction of sp³-hybridized carbons (Fsp3) is 0.0909. The summed E-state index contributed by atoms with van der Waals surface area (Å²) in [5, 5.41) is 6.18. The number of nitrogens with zero attached hydrogens (tertiary/aromatic N) is 2. The molecule has 3 N–H and O–H groups in total. The van der Waals surface area contributed by atoms with Crippen molar-refractivity contribution in [2.24, 2.45) is 5.10 Å². The van der Waals surface area contributed by atoms with Crippen molar-refractivity contribution in [1.29, 1.82) is 0 Å². The minimum atomic E-state index is -0.306. The summed E-state index contributed by atoms with van der Waals surface area (Å²) in [7, 11) is 0. The second-order valence-corrected chi connectivity index (χ2v) is 4.33. The number of thiazole rings is 1. The third-order valence-corrected chi connectivity index (χ3v) is 2.80. The largest absolute Gasteiger partial charge is 0.383 e. The Balaban J connectivity index is 2.07. The van der Waals surface area contributed by atoms with Gasteiger partial charge in [0, 0.05) is 10.9 Å². The topological polar surface area (TPSA) is 63.3 Å².